The monoisotopic (exact) mass is 1080 g/mol. The third-order valence-corrected chi connectivity index (χ3v) is 15.3. The Bertz CT molecular complexity index is 1250. The molecule has 9 nitrogen and oxygen atoms in total. The molecule has 0 amide bonds. The number of ether oxygens (including phenoxy) is 4. The molecule has 9 heteroatoms. The molecule has 0 saturated carbocycles. The Balaban J connectivity index is 3.98. The van der Waals surface area contributed by atoms with Crippen LogP contribution in [0.25, 0.3) is 0 Å². The fourth-order valence-electron chi connectivity index (χ4n) is 10.1. The number of likely N-dealkylation sites (N-methyl/N-ethyl adjacent to an activating group) is 1. The molecule has 0 rings (SSSR count). The number of hydrogen-bond acceptors (Lipinski definition) is 8. The summed E-state index contributed by atoms with van der Waals surface area (Å²) in [4.78, 5) is 37.3. The lowest BCUT2D eigenvalue weighted by molar-refractivity contribution is -0.870. The zero-order valence-corrected chi connectivity index (χ0v) is 51.4. The molecule has 0 bridgehead atoms. The molecule has 2 atom stereocenters. The summed E-state index contributed by atoms with van der Waals surface area (Å²) in [5.41, 5.74) is 0. The Labute approximate surface area is 472 Å². The molecule has 0 heterocycles. The molecule has 2 unspecified atom stereocenters. The SMILES string of the molecule is CCCCCCCCCC/C=C\CCCCCCCCCCCCCCCCCCCCCCCCCC(=O)OC(COC(=O)CCCCCCCCCCCCCCCCCC)COC(OCC[N+](C)(C)C)C(=O)[O-]. The van der Waals surface area contributed by atoms with Gasteiger partial charge >= 0.3 is 11.9 Å². The molecule has 0 radical (unpaired) electrons. The minimum Gasteiger partial charge on any atom is -0.545 e. The summed E-state index contributed by atoms with van der Waals surface area (Å²) < 4.78 is 22.8. The number of carbonyl (C=O) groups is 3. The molecule has 0 aromatic heterocycles. The molecule has 0 aromatic rings. The van der Waals surface area contributed by atoms with Crippen molar-refractivity contribution in [1.29, 1.82) is 0 Å². The molecule has 0 aliphatic heterocycles. The van der Waals surface area contributed by atoms with Gasteiger partial charge in [0.1, 0.15) is 13.2 Å². The highest BCUT2D eigenvalue weighted by Gasteiger charge is 2.22. The number of hydrogen-bond donors (Lipinski definition) is 0. The van der Waals surface area contributed by atoms with Crippen molar-refractivity contribution in [2.24, 2.45) is 0 Å². The Morgan fingerprint density at radius 3 is 0.974 bits per heavy atom. The smallest absolute Gasteiger partial charge is 0.306 e. The third kappa shape index (κ3) is 59.7. The van der Waals surface area contributed by atoms with Crippen LogP contribution in [0, 0.1) is 0 Å². The number of aliphatic carboxylic acids is 1. The van der Waals surface area contributed by atoms with E-state index in [1.54, 1.807) is 0 Å². The van der Waals surface area contributed by atoms with Crippen LogP contribution >= 0.6 is 0 Å². The Morgan fingerprint density at radius 1 is 0.382 bits per heavy atom. The first-order valence-electron chi connectivity index (χ1n) is 33.3. The third-order valence-electron chi connectivity index (χ3n) is 15.3. The van der Waals surface area contributed by atoms with Crippen LogP contribution in [-0.4, -0.2) is 82.3 Å². The number of carbonyl (C=O) groups excluding carboxylic acids is 3. The number of unbranched alkanes of at least 4 members (excludes halogenated alkanes) is 46. The van der Waals surface area contributed by atoms with Crippen LogP contribution < -0.4 is 5.11 Å². The van der Waals surface area contributed by atoms with Crippen LogP contribution in [0.1, 0.15) is 341 Å². The van der Waals surface area contributed by atoms with Gasteiger partial charge in [-0.05, 0) is 38.5 Å². The lowest BCUT2D eigenvalue weighted by atomic mass is 10.0. The van der Waals surface area contributed by atoms with E-state index in [-0.39, 0.29) is 32.2 Å². The van der Waals surface area contributed by atoms with Gasteiger partial charge in [0.2, 0.25) is 0 Å². The molecule has 0 aromatic carbocycles. The highest BCUT2D eigenvalue weighted by molar-refractivity contribution is 5.70. The first kappa shape index (κ1) is 74.0. The normalized spacial score (nSPS) is 12.7. The van der Waals surface area contributed by atoms with Crippen LogP contribution in [0.15, 0.2) is 12.2 Å². The second-order valence-electron chi connectivity index (χ2n) is 24.1. The van der Waals surface area contributed by atoms with Crippen molar-refractivity contribution in [3.8, 4) is 0 Å². The second kappa shape index (κ2) is 59.2. The van der Waals surface area contributed by atoms with E-state index in [0.717, 1.165) is 38.5 Å². The molecule has 0 aliphatic carbocycles. The molecule has 0 N–H and O–H groups in total. The molecule has 0 aliphatic rings. The minimum atomic E-state index is -1.62. The number of rotatable bonds is 63. The van der Waals surface area contributed by atoms with E-state index in [9.17, 15) is 19.5 Å². The average Bonchev–Trinajstić information content (AvgIpc) is 3.39. The standard InChI is InChI=1S/C67H129NO8/c1-6-8-10-12-14-16-18-20-22-24-25-26-27-28-29-30-31-32-33-34-35-36-37-38-39-40-41-42-44-46-48-50-52-54-56-58-65(70)76-63(62-75-67(66(71)72)73-60-59-68(3,4)5)61-74-64(69)57-55-53-51-49-47-45-43-23-21-19-17-15-13-11-9-7-2/h24-25,63,67H,6-23,26-62H2,1-5H3/b25-24-. The number of carboxylic acids is 1. The summed E-state index contributed by atoms with van der Waals surface area (Å²) in [7, 11) is 5.94. The summed E-state index contributed by atoms with van der Waals surface area (Å²) in [5.74, 6) is -2.25. The number of allylic oxidation sites excluding steroid dienone is 2. The number of nitrogens with zero attached hydrogens (tertiary/aromatic N) is 1. The van der Waals surface area contributed by atoms with Gasteiger partial charge in [0.15, 0.2) is 12.4 Å². The van der Waals surface area contributed by atoms with E-state index in [2.05, 4.69) is 26.0 Å². The molecule has 76 heavy (non-hydrogen) atoms. The van der Waals surface area contributed by atoms with Crippen LogP contribution in [0.3, 0.4) is 0 Å². The summed E-state index contributed by atoms with van der Waals surface area (Å²) in [6, 6.07) is 0. The number of carboxylic acid groups (broad SMARTS) is 1. The Hall–Kier alpha value is -1.97. The Kier molecular flexibility index (Phi) is 57.6. The minimum absolute atomic E-state index is 0.153. The van der Waals surface area contributed by atoms with Crippen LogP contribution in [0.2, 0.25) is 0 Å². The van der Waals surface area contributed by atoms with E-state index in [4.69, 9.17) is 18.9 Å². The zero-order valence-electron chi connectivity index (χ0n) is 51.4. The fourth-order valence-corrected chi connectivity index (χ4v) is 10.1. The largest absolute Gasteiger partial charge is 0.545 e. The van der Waals surface area contributed by atoms with E-state index in [0.29, 0.717) is 17.4 Å². The van der Waals surface area contributed by atoms with Gasteiger partial charge in [-0.15, -0.1) is 0 Å². The maximum atomic E-state index is 12.9. The van der Waals surface area contributed by atoms with Crippen molar-refractivity contribution in [3.63, 3.8) is 0 Å². The van der Waals surface area contributed by atoms with Gasteiger partial charge in [0, 0.05) is 12.8 Å². The topological polar surface area (TPSA) is 111 Å². The summed E-state index contributed by atoms with van der Waals surface area (Å²) in [6.45, 7) is 4.81. The maximum Gasteiger partial charge on any atom is 0.306 e. The van der Waals surface area contributed by atoms with E-state index in [1.165, 1.54) is 276 Å². The summed E-state index contributed by atoms with van der Waals surface area (Å²) >= 11 is 0. The molecule has 0 spiro atoms. The van der Waals surface area contributed by atoms with Gasteiger partial charge in [-0.2, -0.15) is 0 Å². The van der Waals surface area contributed by atoms with Crippen molar-refractivity contribution >= 4 is 17.9 Å². The fraction of sp³-hybridized carbons (Fsp3) is 0.925. The summed E-state index contributed by atoms with van der Waals surface area (Å²) in [6.07, 6.45) is 67.3. The van der Waals surface area contributed by atoms with Gasteiger partial charge in [0.05, 0.1) is 40.3 Å². The van der Waals surface area contributed by atoms with Crippen molar-refractivity contribution in [3.05, 3.63) is 12.2 Å². The van der Waals surface area contributed by atoms with Gasteiger partial charge in [-0.25, -0.2) is 0 Å². The van der Waals surface area contributed by atoms with Crippen molar-refractivity contribution in [1.82, 2.24) is 0 Å². The van der Waals surface area contributed by atoms with Gasteiger partial charge in [-0.1, -0.05) is 302 Å². The first-order valence-corrected chi connectivity index (χ1v) is 33.3. The van der Waals surface area contributed by atoms with Crippen LogP contribution in [-0.2, 0) is 33.3 Å². The number of quaternary nitrogens is 1. The lowest BCUT2D eigenvalue weighted by Gasteiger charge is -2.26. The van der Waals surface area contributed by atoms with E-state index < -0.39 is 24.3 Å². The van der Waals surface area contributed by atoms with Gasteiger partial charge < -0.3 is 33.3 Å². The average molecular weight is 1080 g/mol. The second-order valence-corrected chi connectivity index (χ2v) is 24.1. The quantitative estimate of drug-likeness (QED) is 0.0195. The molecule has 0 fully saturated rings. The van der Waals surface area contributed by atoms with Gasteiger partial charge in [-0.3, -0.25) is 9.59 Å². The van der Waals surface area contributed by atoms with Crippen LogP contribution in [0.5, 0.6) is 0 Å². The Morgan fingerprint density at radius 2 is 0.671 bits per heavy atom. The summed E-state index contributed by atoms with van der Waals surface area (Å²) in [5, 5.41) is 11.8. The molecule has 450 valence electrons. The van der Waals surface area contributed by atoms with Crippen molar-refractivity contribution in [2.45, 2.75) is 354 Å². The van der Waals surface area contributed by atoms with Crippen molar-refractivity contribution in [2.75, 3.05) is 47.5 Å². The highest BCUT2D eigenvalue weighted by Crippen LogP contribution is 2.19. The van der Waals surface area contributed by atoms with E-state index in [1.807, 2.05) is 21.1 Å². The highest BCUT2D eigenvalue weighted by atomic mass is 16.7. The lowest BCUT2D eigenvalue weighted by Crippen LogP contribution is -2.44. The maximum absolute atomic E-state index is 12.9. The predicted octanol–water partition coefficient (Wildman–Crippen LogP) is 18.7. The molecular formula is C67H129NO8. The van der Waals surface area contributed by atoms with E-state index >= 15 is 0 Å². The van der Waals surface area contributed by atoms with Gasteiger partial charge in [0.25, 0.3) is 0 Å². The molecule has 0 saturated heterocycles. The van der Waals surface area contributed by atoms with Crippen molar-refractivity contribution < 1.29 is 42.9 Å². The molecular weight excluding hydrogens is 947 g/mol. The predicted molar refractivity (Wildman–Crippen MR) is 320 cm³/mol. The first-order chi connectivity index (χ1) is 37.1. The van der Waals surface area contributed by atoms with Crippen LogP contribution in [0.4, 0.5) is 0 Å². The zero-order chi connectivity index (χ0) is 55.5. The number of esters is 2.